The number of carboxylic acids is 1. The van der Waals surface area contributed by atoms with Crippen molar-refractivity contribution in [2.24, 2.45) is 5.73 Å². The maximum absolute atomic E-state index is 10.9. The van der Waals surface area contributed by atoms with Crippen molar-refractivity contribution < 1.29 is 9.90 Å². The van der Waals surface area contributed by atoms with Crippen molar-refractivity contribution in [1.29, 1.82) is 0 Å². The molecule has 16 heavy (non-hydrogen) atoms. The van der Waals surface area contributed by atoms with Gasteiger partial charge in [-0.3, -0.25) is 0 Å². The molecule has 1 aromatic rings. The molecule has 1 aromatic heterocycles. The number of anilines is 1. The first kappa shape index (κ1) is 12.3. The van der Waals surface area contributed by atoms with Crippen LogP contribution in [0.4, 0.5) is 5.95 Å². The van der Waals surface area contributed by atoms with Crippen molar-refractivity contribution in [1.82, 2.24) is 15.0 Å². The van der Waals surface area contributed by atoms with Crippen molar-refractivity contribution in [3.8, 4) is 0 Å². The highest BCUT2D eigenvalue weighted by molar-refractivity contribution is 5.76. The van der Waals surface area contributed by atoms with Gasteiger partial charge in [0.25, 0.3) is 0 Å². The van der Waals surface area contributed by atoms with Crippen molar-refractivity contribution in [2.45, 2.75) is 25.3 Å². The normalized spacial score (nSPS) is 12.1. The van der Waals surface area contributed by atoms with Gasteiger partial charge >= 0.3 is 5.97 Å². The van der Waals surface area contributed by atoms with Crippen LogP contribution in [0, 0.1) is 0 Å². The van der Waals surface area contributed by atoms with Gasteiger partial charge in [-0.2, -0.15) is 0 Å². The summed E-state index contributed by atoms with van der Waals surface area (Å²) in [5.41, 5.74) is 5.34. The number of hydrogen-bond donors (Lipinski definition) is 3. The minimum atomic E-state index is -0.919. The molecule has 4 N–H and O–H groups in total. The number of nitrogens with two attached hydrogens (primary N) is 1. The summed E-state index contributed by atoms with van der Waals surface area (Å²) in [6.07, 6.45) is 4.69. The van der Waals surface area contributed by atoms with Gasteiger partial charge in [0.15, 0.2) is 0 Å². The number of unbranched alkanes of at least 4 members (excludes halogenated alkanes) is 1. The fourth-order valence-electron chi connectivity index (χ4n) is 1.22. The topological polar surface area (TPSA) is 114 Å². The summed E-state index contributed by atoms with van der Waals surface area (Å²) < 4.78 is 0. The predicted octanol–water partition coefficient (Wildman–Crippen LogP) is -0.134. The summed E-state index contributed by atoms with van der Waals surface area (Å²) in [7, 11) is 0. The lowest BCUT2D eigenvalue weighted by Gasteiger charge is -2.13. The molecule has 0 unspecified atom stereocenters. The highest BCUT2D eigenvalue weighted by Gasteiger charge is 2.17. The number of aromatic nitrogens is 3. The van der Waals surface area contributed by atoms with E-state index in [-0.39, 0.29) is 5.95 Å². The van der Waals surface area contributed by atoms with E-state index in [0.717, 1.165) is 12.8 Å². The summed E-state index contributed by atoms with van der Waals surface area (Å²) in [6, 6.07) is -0.686. The van der Waals surface area contributed by atoms with Crippen molar-refractivity contribution in [2.75, 3.05) is 11.9 Å². The van der Waals surface area contributed by atoms with Gasteiger partial charge in [-0.25, -0.2) is 19.7 Å². The zero-order valence-electron chi connectivity index (χ0n) is 8.83. The molecule has 0 aromatic carbocycles. The largest absolute Gasteiger partial charge is 0.480 e. The Hall–Kier alpha value is -1.76. The summed E-state index contributed by atoms with van der Waals surface area (Å²) in [5, 5.41) is 11.7. The van der Waals surface area contributed by atoms with Crippen molar-refractivity contribution >= 4 is 11.9 Å². The average Bonchev–Trinajstić information content (AvgIpc) is 2.29. The van der Waals surface area contributed by atoms with Crippen LogP contribution < -0.4 is 11.1 Å². The van der Waals surface area contributed by atoms with Crippen molar-refractivity contribution in [3.05, 3.63) is 12.7 Å². The molecule has 7 nitrogen and oxygen atoms in total. The third kappa shape index (κ3) is 4.18. The number of nitrogens with zero attached hydrogens (tertiary/aromatic N) is 3. The second kappa shape index (κ2) is 6.67. The number of aliphatic carboxylic acids is 1. The van der Waals surface area contributed by atoms with Crippen LogP contribution in [0.5, 0.6) is 0 Å². The first-order valence-electron chi connectivity index (χ1n) is 5.05. The Balaban J connectivity index is 2.48. The highest BCUT2D eigenvalue weighted by atomic mass is 16.4. The Kier molecular flexibility index (Phi) is 5.13. The van der Waals surface area contributed by atoms with Crippen molar-refractivity contribution in [3.63, 3.8) is 0 Å². The molecule has 0 saturated carbocycles. The highest BCUT2D eigenvalue weighted by Crippen LogP contribution is 2.06. The van der Waals surface area contributed by atoms with Crippen LogP contribution in [0.3, 0.4) is 0 Å². The van der Waals surface area contributed by atoms with Gasteiger partial charge in [-0.15, -0.1) is 0 Å². The van der Waals surface area contributed by atoms with Gasteiger partial charge in [-0.1, -0.05) is 0 Å². The average molecular weight is 225 g/mol. The molecular weight excluding hydrogens is 210 g/mol. The van der Waals surface area contributed by atoms with Gasteiger partial charge < -0.3 is 16.2 Å². The van der Waals surface area contributed by atoms with E-state index in [4.69, 9.17) is 10.8 Å². The summed E-state index contributed by atoms with van der Waals surface area (Å²) in [5.74, 6) is -0.646. The molecule has 1 heterocycles. The smallest absolute Gasteiger partial charge is 0.326 e. The Bertz CT molecular complexity index is 319. The molecule has 1 atom stereocenters. The molecule has 0 aliphatic heterocycles. The van der Waals surface area contributed by atoms with Gasteiger partial charge in [0, 0.05) is 0 Å². The summed E-state index contributed by atoms with van der Waals surface area (Å²) in [6.45, 7) is 0.568. The van der Waals surface area contributed by atoms with E-state index in [0.29, 0.717) is 13.0 Å². The second-order valence-corrected chi connectivity index (χ2v) is 3.28. The van der Waals surface area contributed by atoms with E-state index in [9.17, 15) is 4.79 Å². The van der Waals surface area contributed by atoms with Crippen LogP contribution in [0.25, 0.3) is 0 Å². The van der Waals surface area contributed by atoms with Gasteiger partial charge in [0.1, 0.15) is 18.7 Å². The van der Waals surface area contributed by atoms with Crippen LogP contribution in [-0.2, 0) is 4.79 Å². The molecule has 0 spiro atoms. The second-order valence-electron chi connectivity index (χ2n) is 3.28. The number of carboxylic acid groups (broad SMARTS) is 1. The van der Waals surface area contributed by atoms with E-state index in [1.807, 2.05) is 0 Å². The molecule has 7 heteroatoms. The molecule has 0 aliphatic rings. The predicted molar refractivity (Wildman–Crippen MR) is 57.8 cm³/mol. The quantitative estimate of drug-likeness (QED) is 0.553. The lowest BCUT2D eigenvalue weighted by Crippen LogP contribution is -2.30. The lowest BCUT2D eigenvalue weighted by molar-refractivity contribution is -0.138. The number of rotatable bonds is 7. The van der Waals surface area contributed by atoms with Gasteiger partial charge in [0.2, 0.25) is 5.95 Å². The third-order valence-electron chi connectivity index (χ3n) is 2.04. The molecule has 0 bridgehead atoms. The molecule has 0 radical (unpaired) electrons. The number of carbonyl (C=O) groups is 1. The lowest BCUT2D eigenvalue weighted by atomic mass is 10.1. The van der Waals surface area contributed by atoms with E-state index in [2.05, 4.69) is 20.3 Å². The Morgan fingerprint density at radius 2 is 2.12 bits per heavy atom. The third-order valence-corrected chi connectivity index (χ3v) is 2.04. The molecule has 0 amide bonds. The standard InChI is InChI=1S/C9H15N5O2/c10-4-2-1-3-7(8(15)16)14-9-12-5-11-6-13-9/h5-7H,1-4,10H2,(H,15,16)(H,11,12,13,14)/t7-/m0/s1. The Morgan fingerprint density at radius 1 is 1.44 bits per heavy atom. The molecular formula is C9H15N5O2. The van der Waals surface area contributed by atoms with Crippen LogP contribution in [0.15, 0.2) is 12.7 Å². The van der Waals surface area contributed by atoms with Crippen LogP contribution >= 0.6 is 0 Å². The fourth-order valence-corrected chi connectivity index (χ4v) is 1.22. The minimum absolute atomic E-state index is 0.273. The molecule has 1 rings (SSSR count). The molecule has 0 fully saturated rings. The maximum Gasteiger partial charge on any atom is 0.326 e. The van der Waals surface area contributed by atoms with Crippen LogP contribution in [-0.4, -0.2) is 38.6 Å². The zero-order chi connectivity index (χ0) is 11.8. The fraction of sp³-hybridized carbons (Fsp3) is 0.556. The first-order valence-corrected chi connectivity index (χ1v) is 5.05. The molecule has 0 aliphatic carbocycles. The Labute approximate surface area is 93.1 Å². The molecule has 88 valence electrons. The van der Waals surface area contributed by atoms with E-state index in [1.54, 1.807) is 0 Å². The van der Waals surface area contributed by atoms with E-state index >= 15 is 0 Å². The minimum Gasteiger partial charge on any atom is -0.480 e. The monoisotopic (exact) mass is 225 g/mol. The SMILES string of the molecule is NCCCC[C@H](Nc1ncncn1)C(=O)O. The number of nitrogens with one attached hydrogen (secondary N) is 1. The van der Waals surface area contributed by atoms with E-state index in [1.165, 1.54) is 12.7 Å². The summed E-state index contributed by atoms with van der Waals surface area (Å²) in [4.78, 5) is 22.2. The summed E-state index contributed by atoms with van der Waals surface area (Å²) >= 11 is 0. The number of hydrogen-bond acceptors (Lipinski definition) is 6. The van der Waals surface area contributed by atoms with Gasteiger partial charge in [-0.05, 0) is 25.8 Å². The van der Waals surface area contributed by atoms with Gasteiger partial charge in [0.05, 0.1) is 0 Å². The Morgan fingerprint density at radius 3 is 2.69 bits per heavy atom. The van der Waals surface area contributed by atoms with E-state index < -0.39 is 12.0 Å². The zero-order valence-corrected chi connectivity index (χ0v) is 8.83. The first-order chi connectivity index (χ1) is 7.74. The van der Waals surface area contributed by atoms with Crippen LogP contribution in [0.1, 0.15) is 19.3 Å². The van der Waals surface area contributed by atoms with Crippen LogP contribution in [0.2, 0.25) is 0 Å². The maximum atomic E-state index is 10.9. The molecule has 0 saturated heterocycles.